The normalized spacial score (nSPS) is 19.3. The van der Waals surface area contributed by atoms with Gasteiger partial charge in [-0.25, -0.2) is 8.42 Å². The van der Waals surface area contributed by atoms with Crippen LogP contribution in [0.3, 0.4) is 0 Å². The van der Waals surface area contributed by atoms with E-state index in [2.05, 4.69) is 21.2 Å². The maximum absolute atomic E-state index is 11.8. The second-order valence-corrected chi connectivity index (χ2v) is 8.73. The number of rotatable bonds is 5. The Morgan fingerprint density at radius 1 is 1.39 bits per heavy atom. The fourth-order valence-corrected chi connectivity index (χ4v) is 4.58. The summed E-state index contributed by atoms with van der Waals surface area (Å²) < 4.78 is 28.4. The van der Waals surface area contributed by atoms with E-state index in [4.69, 9.17) is 4.74 Å². The molecule has 1 atom stereocenters. The van der Waals surface area contributed by atoms with Crippen molar-refractivity contribution in [2.75, 3.05) is 23.4 Å². The van der Waals surface area contributed by atoms with Crippen LogP contribution in [0.25, 0.3) is 0 Å². The number of halogens is 1. The number of esters is 1. The standard InChI is InChI=1S/C15H18BrNO5S/c1-10-2-3-12(7-13(10)16)17-14(18)8-22-15(19)6-11-4-5-23(20,21)9-11/h2-3,7,11H,4-6,8-9H2,1H3,(H,17,18)/t11-/m0/s1. The lowest BCUT2D eigenvalue weighted by Crippen LogP contribution is -2.22. The number of nitrogens with one attached hydrogen (secondary N) is 1. The highest BCUT2D eigenvalue weighted by molar-refractivity contribution is 9.10. The largest absolute Gasteiger partial charge is 0.456 e. The number of aryl methyl sites for hydroxylation is 1. The van der Waals surface area contributed by atoms with Crippen LogP contribution in [-0.4, -0.2) is 38.4 Å². The lowest BCUT2D eigenvalue weighted by molar-refractivity contribution is -0.148. The Morgan fingerprint density at radius 3 is 2.74 bits per heavy atom. The van der Waals surface area contributed by atoms with E-state index >= 15 is 0 Å². The van der Waals surface area contributed by atoms with Crippen molar-refractivity contribution in [1.29, 1.82) is 0 Å². The van der Waals surface area contributed by atoms with E-state index in [1.54, 1.807) is 12.1 Å². The Bertz CT molecular complexity index is 717. The first-order valence-electron chi connectivity index (χ1n) is 7.17. The molecular weight excluding hydrogens is 386 g/mol. The lowest BCUT2D eigenvalue weighted by atomic mass is 10.1. The van der Waals surface area contributed by atoms with E-state index in [-0.39, 0.29) is 30.5 Å². The Kier molecular flexibility index (Phi) is 5.80. The molecule has 1 fully saturated rings. The molecule has 1 saturated heterocycles. The fourth-order valence-electron chi connectivity index (χ4n) is 2.34. The molecule has 8 heteroatoms. The smallest absolute Gasteiger partial charge is 0.306 e. The third-order valence-corrected chi connectivity index (χ3v) is 6.29. The molecule has 0 saturated carbocycles. The molecule has 1 aromatic carbocycles. The van der Waals surface area contributed by atoms with Crippen LogP contribution in [0.5, 0.6) is 0 Å². The van der Waals surface area contributed by atoms with Crippen molar-refractivity contribution < 1.29 is 22.7 Å². The number of benzene rings is 1. The Morgan fingerprint density at radius 2 is 2.13 bits per heavy atom. The molecule has 23 heavy (non-hydrogen) atoms. The second kappa shape index (κ2) is 7.44. The minimum absolute atomic E-state index is 0.0195. The third-order valence-electron chi connectivity index (χ3n) is 3.60. The molecular formula is C15H18BrNO5S. The van der Waals surface area contributed by atoms with E-state index in [9.17, 15) is 18.0 Å². The first kappa shape index (κ1) is 17.9. The maximum atomic E-state index is 11.8. The highest BCUT2D eigenvalue weighted by Gasteiger charge is 2.29. The molecule has 1 heterocycles. The summed E-state index contributed by atoms with van der Waals surface area (Å²) in [6.45, 7) is 1.55. The van der Waals surface area contributed by atoms with E-state index in [0.29, 0.717) is 12.1 Å². The van der Waals surface area contributed by atoms with Crippen LogP contribution in [0.4, 0.5) is 5.69 Å². The van der Waals surface area contributed by atoms with Gasteiger partial charge in [0.1, 0.15) is 0 Å². The van der Waals surface area contributed by atoms with Crippen molar-refractivity contribution in [3.05, 3.63) is 28.2 Å². The van der Waals surface area contributed by atoms with Crippen molar-refractivity contribution in [2.45, 2.75) is 19.8 Å². The topological polar surface area (TPSA) is 89.5 Å². The van der Waals surface area contributed by atoms with Gasteiger partial charge in [-0.05, 0) is 37.0 Å². The van der Waals surface area contributed by atoms with E-state index < -0.39 is 21.7 Å². The summed E-state index contributed by atoms with van der Waals surface area (Å²) in [6.07, 6.45) is 0.504. The molecule has 1 amide bonds. The van der Waals surface area contributed by atoms with Crippen molar-refractivity contribution >= 4 is 43.3 Å². The highest BCUT2D eigenvalue weighted by Crippen LogP contribution is 2.22. The first-order chi connectivity index (χ1) is 10.7. The van der Waals surface area contributed by atoms with Crippen molar-refractivity contribution in [3.8, 4) is 0 Å². The van der Waals surface area contributed by atoms with Crippen molar-refractivity contribution in [2.24, 2.45) is 5.92 Å². The van der Waals surface area contributed by atoms with Crippen LogP contribution in [-0.2, 0) is 24.2 Å². The predicted octanol–water partition coefficient (Wildman–Crippen LogP) is 2.06. The predicted molar refractivity (Wildman–Crippen MR) is 89.8 cm³/mol. The zero-order valence-electron chi connectivity index (χ0n) is 12.7. The molecule has 0 aliphatic carbocycles. The minimum atomic E-state index is -3.01. The van der Waals surface area contributed by atoms with Gasteiger partial charge in [0, 0.05) is 16.6 Å². The summed E-state index contributed by atoms with van der Waals surface area (Å²) in [5.41, 5.74) is 1.64. The van der Waals surface area contributed by atoms with Gasteiger partial charge in [0.25, 0.3) is 5.91 Å². The monoisotopic (exact) mass is 403 g/mol. The fraction of sp³-hybridized carbons (Fsp3) is 0.467. The van der Waals surface area contributed by atoms with Crippen LogP contribution in [0.15, 0.2) is 22.7 Å². The average Bonchev–Trinajstić information content (AvgIpc) is 2.80. The number of carbonyl (C=O) groups is 2. The maximum Gasteiger partial charge on any atom is 0.306 e. The molecule has 2 rings (SSSR count). The molecule has 6 nitrogen and oxygen atoms in total. The Labute approximate surface area is 143 Å². The summed E-state index contributed by atoms with van der Waals surface area (Å²) in [4.78, 5) is 23.4. The van der Waals surface area contributed by atoms with Gasteiger partial charge in [0.05, 0.1) is 11.5 Å². The third kappa shape index (κ3) is 5.62. The molecule has 1 aliphatic rings. The lowest BCUT2D eigenvalue weighted by Gasteiger charge is -2.09. The van der Waals surface area contributed by atoms with E-state index in [0.717, 1.165) is 10.0 Å². The second-order valence-electron chi connectivity index (χ2n) is 5.65. The number of hydrogen-bond donors (Lipinski definition) is 1. The van der Waals surface area contributed by atoms with Crippen LogP contribution in [0.1, 0.15) is 18.4 Å². The molecule has 1 aliphatic heterocycles. The quantitative estimate of drug-likeness (QED) is 0.759. The number of sulfone groups is 1. The summed E-state index contributed by atoms with van der Waals surface area (Å²) in [5.74, 6) is -1.05. The van der Waals surface area contributed by atoms with Crippen LogP contribution in [0.2, 0.25) is 0 Å². The number of anilines is 1. The van der Waals surface area contributed by atoms with Crippen molar-refractivity contribution in [3.63, 3.8) is 0 Å². The molecule has 0 bridgehead atoms. The first-order valence-corrected chi connectivity index (χ1v) is 9.78. The molecule has 126 valence electrons. The van der Waals surface area contributed by atoms with E-state index in [1.807, 2.05) is 13.0 Å². The summed E-state index contributed by atoms with van der Waals surface area (Å²) in [6, 6.07) is 5.37. The van der Waals surface area contributed by atoms with Gasteiger partial charge in [0.15, 0.2) is 16.4 Å². The SMILES string of the molecule is Cc1ccc(NC(=O)COC(=O)C[C@@H]2CCS(=O)(=O)C2)cc1Br. The zero-order valence-corrected chi connectivity index (χ0v) is 15.1. The number of carbonyl (C=O) groups excluding carboxylic acids is 2. The van der Waals surface area contributed by atoms with Gasteiger partial charge in [-0.2, -0.15) is 0 Å². The van der Waals surface area contributed by atoms with Gasteiger partial charge in [-0.3, -0.25) is 9.59 Å². The molecule has 0 spiro atoms. The summed E-state index contributed by atoms with van der Waals surface area (Å²) >= 11 is 3.37. The number of amides is 1. The van der Waals surface area contributed by atoms with Crippen LogP contribution >= 0.6 is 15.9 Å². The molecule has 1 aromatic rings. The van der Waals surface area contributed by atoms with Gasteiger partial charge >= 0.3 is 5.97 Å². The van der Waals surface area contributed by atoms with Gasteiger partial charge < -0.3 is 10.1 Å². The zero-order chi connectivity index (χ0) is 17.0. The van der Waals surface area contributed by atoms with Gasteiger partial charge in [-0.1, -0.05) is 22.0 Å². The number of ether oxygens (including phenoxy) is 1. The molecule has 0 aromatic heterocycles. The molecule has 0 radical (unpaired) electrons. The highest BCUT2D eigenvalue weighted by atomic mass is 79.9. The number of hydrogen-bond acceptors (Lipinski definition) is 5. The summed E-state index contributed by atoms with van der Waals surface area (Å²) in [7, 11) is -3.01. The average molecular weight is 404 g/mol. The summed E-state index contributed by atoms with van der Waals surface area (Å²) in [5, 5.41) is 2.63. The Hall–Kier alpha value is -1.41. The minimum Gasteiger partial charge on any atom is -0.456 e. The Balaban J connectivity index is 1.75. The van der Waals surface area contributed by atoms with Crippen LogP contribution in [0, 0.1) is 12.8 Å². The molecule has 1 N–H and O–H groups in total. The van der Waals surface area contributed by atoms with Crippen LogP contribution < -0.4 is 5.32 Å². The van der Waals surface area contributed by atoms with Crippen molar-refractivity contribution in [1.82, 2.24) is 0 Å². The van der Waals surface area contributed by atoms with E-state index in [1.165, 1.54) is 0 Å². The van der Waals surface area contributed by atoms with Gasteiger partial charge in [0.2, 0.25) is 0 Å². The van der Waals surface area contributed by atoms with Gasteiger partial charge in [-0.15, -0.1) is 0 Å². The molecule has 0 unspecified atom stereocenters.